The van der Waals surface area contributed by atoms with E-state index in [1.807, 2.05) is 60.7 Å². The minimum Gasteiger partial charge on any atom is -0.463 e. The summed E-state index contributed by atoms with van der Waals surface area (Å²) in [5.41, 5.74) is 1.31. The van der Waals surface area contributed by atoms with Gasteiger partial charge in [0.15, 0.2) is 10.3 Å². The molecule has 0 N–H and O–H groups in total. The smallest absolute Gasteiger partial charge is 0.332 e. The Balaban J connectivity index is 1.55. The minimum absolute atomic E-state index is 0.192. The van der Waals surface area contributed by atoms with E-state index >= 15 is 0 Å². The first kappa shape index (κ1) is 29.8. The van der Waals surface area contributed by atoms with Gasteiger partial charge in [-0.15, -0.1) is 0 Å². The monoisotopic (exact) mass is 592 g/mol. The van der Waals surface area contributed by atoms with Crippen molar-refractivity contribution in [2.24, 2.45) is 9.98 Å². The van der Waals surface area contributed by atoms with Crippen molar-refractivity contribution in [1.82, 2.24) is 9.80 Å². The van der Waals surface area contributed by atoms with E-state index in [0.29, 0.717) is 28.1 Å². The Kier molecular flexibility index (Phi) is 10.5. The molecule has 0 unspecified atom stereocenters. The fraction of sp³-hybridized carbons (Fsp3) is 0.241. The van der Waals surface area contributed by atoms with Crippen LogP contribution >= 0.6 is 23.5 Å². The molecule has 2 aromatic rings. The molecule has 2 aliphatic heterocycles. The number of carbonyl (C=O) groups is 4. The van der Waals surface area contributed by atoms with Crippen molar-refractivity contribution in [2.45, 2.75) is 20.3 Å². The van der Waals surface area contributed by atoms with E-state index in [-0.39, 0.29) is 47.9 Å². The second kappa shape index (κ2) is 14.5. The van der Waals surface area contributed by atoms with Crippen molar-refractivity contribution in [3.63, 3.8) is 0 Å². The predicted molar refractivity (Wildman–Crippen MR) is 160 cm³/mol. The first-order valence-corrected chi connectivity index (χ1v) is 14.6. The van der Waals surface area contributed by atoms with Gasteiger partial charge in [-0.05, 0) is 68.1 Å². The summed E-state index contributed by atoms with van der Waals surface area (Å²) in [5.74, 6) is -1.96. The van der Waals surface area contributed by atoms with Crippen molar-refractivity contribution in [3.8, 4) is 0 Å². The first-order chi connectivity index (χ1) is 19.9. The van der Waals surface area contributed by atoms with Crippen molar-refractivity contribution in [1.29, 1.82) is 0 Å². The van der Waals surface area contributed by atoms with Crippen molar-refractivity contribution >= 4 is 69.0 Å². The topological polar surface area (TPSA) is 118 Å². The number of thioether (sulfide) groups is 2. The van der Waals surface area contributed by atoms with Crippen LogP contribution in [-0.2, 0) is 28.7 Å². The number of para-hydroxylation sites is 2. The highest BCUT2D eigenvalue weighted by Gasteiger charge is 2.36. The van der Waals surface area contributed by atoms with Gasteiger partial charge in [0.1, 0.15) is 0 Å². The number of amidine groups is 2. The number of hydrogen-bond acceptors (Lipinski definition) is 10. The summed E-state index contributed by atoms with van der Waals surface area (Å²) >= 11 is 2.18. The molecule has 41 heavy (non-hydrogen) atoms. The molecule has 2 amide bonds. The SMILES string of the molecule is CCOC(=O)/C=C1\SC(=Nc2ccccc2)N(CCCN2C(=O)/C(=C/C(=O)OCC)SC2=Nc2ccccc2)C1=O. The molecule has 0 saturated carbocycles. The Morgan fingerprint density at radius 1 is 0.707 bits per heavy atom. The maximum absolute atomic E-state index is 13.3. The molecule has 0 aromatic heterocycles. The number of benzene rings is 2. The van der Waals surface area contributed by atoms with E-state index in [9.17, 15) is 19.2 Å². The second-order valence-electron chi connectivity index (χ2n) is 8.45. The van der Waals surface area contributed by atoms with Crippen molar-refractivity contribution in [2.75, 3.05) is 26.3 Å². The Labute approximate surface area is 246 Å². The van der Waals surface area contributed by atoms with E-state index in [4.69, 9.17) is 9.47 Å². The van der Waals surface area contributed by atoms with E-state index < -0.39 is 11.9 Å². The highest BCUT2D eigenvalue weighted by atomic mass is 32.2. The fourth-order valence-corrected chi connectivity index (χ4v) is 5.74. The van der Waals surface area contributed by atoms with Gasteiger partial charge < -0.3 is 9.47 Å². The molecule has 0 spiro atoms. The first-order valence-electron chi connectivity index (χ1n) is 12.9. The zero-order chi connectivity index (χ0) is 29.2. The van der Waals surface area contributed by atoms with Crippen molar-refractivity contribution < 1.29 is 28.7 Å². The molecule has 2 fully saturated rings. The number of hydrogen-bond donors (Lipinski definition) is 0. The van der Waals surface area contributed by atoms with Gasteiger partial charge in [-0.2, -0.15) is 0 Å². The van der Waals surface area contributed by atoms with Crippen LogP contribution in [0.2, 0.25) is 0 Å². The molecule has 2 heterocycles. The average molecular weight is 593 g/mol. The van der Waals surface area contributed by atoms with Crippen LogP contribution in [0, 0.1) is 0 Å². The summed E-state index contributed by atoms with van der Waals surface area (Å²) in [4.78, 5) is 63.2. The van der Waals surface area contributed by atoms with Crippen LogP contribution in [0.1, 0.15) is 20.3 Å². The summed E-state index contributed by atoms with van der Waals surface area (Å²) in [6.07, 6.45) is 2.73. The van der Waals surface area contributed by atoms with Crippen LogP contribution in [0.15, 0.2) is 92.6 Å². The van der Waals surface area contributed by atoms with Crippen LogP contribution < -0.4 is 0 Å². The van der Waals surface area contributed by atoms with Gasteiger partial charge in [-0.3, -0.25) is 19.4 Å². The molecule has 0 atom stereocenters. The zero-order valence-electron chi connectivity index (χ0n) is 22.5. The molecule has 4 rings (SSSR count). The average Bonchev–Trinajstić information content (AvgIpc) is 3.40. The van der Waals surface area contributed by atoms with Crippen LogP contribution in [0.5, 0.6) is 0 Å². The fourth-order valence-electron chi connectivity index (χ4n) is 3.77. The summed E-state index contributed by atoms with van der Waals surface area (Å²) in [5, 5.41) is 0.833. The second-order valence-corrected chi connectivity index (χ2v) is 10.5. The molecule has 12 heteroatoms. The molecular weight excluding hydrogens is 564 g/mol. The number of rotatable bonds is 10. The molecule has 10 nitrogen and oxygen atoms in total. The Bertz CT molecular complexity index is 1320. The maximum atomic E-state index is 13.3. The van der Waals surface area contributed by atoms with E-state index in [1.54, 1.807) is 13.8 Å². The molecule has 0 aliphatic carbocycles. The van der Waals surface area contributed by atoms with Gasteiger partial charge in [0.05, 0.1) is 34.4 Å². The standard InChI is InChI=1S/C29H28N4O6S2/c1-3-38-24(34)18-22-26(36)32(28(40-22)30-20-12-7-5-8-13-20)16-11-17-33-27(37)23(19-25(35)39-4-2)41-29(33)31-21-14-9-6-10-15-21/h5-10,12-15,18-19H,3-4,11,16-17H2,1-2H3/b22-18-,23-19-,30-28?,31-29?. The minimum atomic E-state index is -0.605. The molecule has 212 valence electrons. The quantitative estimate of drug-likeness (QED) is 0.285. The summed E-state index contributed by atoms with van der Waals surface area (Å²) in [6.45, 7) is 4.21. The van der Waals surface area contributed by atoms with Gasteiger partial charge in [-0.1, -0.05) is 36.4 Å². The van der Waals surface area contributed by atoms with Gasteiger partial charge in [0.25, 0.3) is 11.8 Å². The van der Waals surface area contributed by atoms with Gasteiger partial charge in [0, 0.05) is 25.2 Å². The van der Waals surface area contributed by atoms with Gasteiger partial charge in [0.2, 0.25) is 0 Å². The molecular formula is C29H28N4O6S2. The van der Waals surface area contributed by atoms with Crippen LogP contribution in [0.3, 0.4) is 0 Å². The van der Waals surface area contributed by atoms with Gasteiger partial charge in [-0.25, -0.2) is 19.6 Å². The third-order valence-corrected chi connectivity index (χ3v) is 7.59. The van der Waals surface area contributed by atoms with E-state index in [1.165, 1.54) is 22.0 Å². The summed E-state index contributed by atoms with van der Waals surface area (Å²) in [7, 11) is 0. The summed E-state index contributed by atoms with van der Waals surface area (Å²) in [6, 6.07) is 18.3. The third kappa shape index (κ3) is 7.95. The normalized spacial score (nSPS) is 19.2. The molecule has 2 aromatic carbocycles. The van der Waals surface area contributed by atoms with E-state index in [2.05, 4.69) is 9.98 Å². The molecule has 0 radical (unpaired) electrons. The molecule has 0 bridgehead atoms. The molecule has 2 aliphatic rings. The largest absolute Gasteiger partial charge is 0.463 e. The third-order valence-electron chi connectivity index (χ3n) is 5.57. The number of amides is 2. The van der Waals surface area contributed by atoms with Crippen LogP contribution in [-0.4, -0.2) is 70.2 Å². The van der Waals surface area contributed by atoms with Crippen molar-refractivity contribution in [3.05, 3.63) is 82.6 Å². The number of ether oxygens (including phenoxy) is 2. The number of esters is 2. The predicted octanol–water partition coefficient (Wildman–Crippen LogP) is 4.80. The zero-order valence-corrected chi connectivity index (χ0v) is 24.2. The Morgan fingerprint density at radius 2 is 1.10 bits per heavy atom. The highest BCUT2D eigenvalue weighted by Crippen LogP contribution is 2.35. The maximum Gasteiger partial charge on any atom is 0.332 e. The van der Waals surface area contributed by atoms with E-state index in [0.717, 1.165) is 23.5 Å². The number of carbonyl (C=O) groups excluding carboxylic acids is 4. The van der Waals surface area contributed by atoms with Gasteiger partial charge >= 0.3 is 11.9 Å². The van der Waals surface area contributed by atoms with Crippen LogP contribution in [0.4, 0.5) is 11.4 Å². The Morgan fingerprint density at radius 3 is 1.46 bits per heavy atom. The number of aliphatic imine (C=N–C) groups is 2. The lowest BCUT2D eigenvalue weighted by molar-refractivity contribution is -0.138. The highest BCUT2D eigenvalue weighted by molar-refractivity contribution is 8.18. The number of nitrogens with zero attached hydrogens (tertiary/aromatic N) is 4. The molecule has 2 saturated heterocycles. The lowest BCUT2D eigenvalue weighted by atomic mass is 10.3. The Hall–Kier alpha value is -4.16. The summed E-state index contributed by atoms with van der Waals surface area (Å²) < 4.78 is 9.96. The van der Waals surface area contributed by atoms with Crippen LogP contribution in [0.25, 0.3) is 0 Å². The lowest BCUT2D eigenvalue weighted by Crippen LogP contribution is -2.35. The lowest BCUT2D eigenvalue weighted by Gasteiger charge is -2.19.